The lowest BCUT2D eigenvalue weighted by atomic mass is 10.2. The molecule has 0 unspecified atom stereocenters. The van der Waals surface area contributed by atoms with E-state index in [1.807, 2.05) is 0 Å². The van der Waals surface area contributed by atoms with Crippen LogP contribution in [0.15, 0.2) is 108 Å². The first kappa shape index (κ1) is 21.5. The molecule has 1 N–H and O–H groups in total. The highest BCUT2D eigenvalue weighted by Crippen LogP contribution is 2.25. The average molecular weight is 470 g/mol. The van der Waals surface area contributed by atoms with Gasteiger partial charge in [0.1, 0.15) is 5.65 Å². The second kappa shape index (κ2) is 8.87. The van der Waals surface area contributed by atoms with Crippen molar-refractivity contribution in [1.82, 2.24) is 24.7 Å². The standard InChI is InChI=1S/C25H19N5O3S/c31-25(20-7-10-23-26-13-14-30(23)17-20)29-16-18-5-8-21(9-6-18)34(32,33)22-4-1-3-19(15-22)24-27-11-2-12-28-24/h1-15,17H,16H2,(H,29,31). The maximum absolute atomic E-state index is 13.1. The molecule has 8 nitrogen and oxygen atoms in total. The topological polar surface area (TPSA) is 106 Å². The van der Waals surface area contributed by atoms with Crippen LogP contribution in [0.25, 0.3) is 17.0 Å². The first-order valence-electron chi connectivity index (χ1n) is 10.4. The number of carbonyl (C=O) groups excluding carboxylic acids is 1. The van der Waals surface area contributed by atoms with E-state index in [1.165, 1.54) is 0 Å². The van der Waals surface area contributed by atoms with Gasteiger partial charge in [-0.25, -0.2) is 23.4 Å². The van der Waals surface area contributed by atoms with E-state index < -0.39 is 9.84 Å². The Hall–Kier alpha value is -4.37. The summed E-state index contributed by atoms with van der Waals surface area (Å²) in [6.45, 7) is 0.266. The van der Waals surface area contributed by atoms with Gasteiger partial charge in [-0.15, -0.1) is 0 Å². The van der Waals surface area contributed by atoms with Gasteiger partial charge in [-0.2, -0.15) is 0 Å². The van der Waals surface area contributed by atoms with Crippen molar-refractivity contribution in [3.8, 4) is 11.4 Å². The number of nitrogens with one attached hydrogen (secondary N) is 1. The Morgan fingerprint density at radius 3 is 2.44 bits per heavy atom. The Bertz CT molecular complexity index is 1580. The minimum absolute atomic E-state index is 0.161. The zero-order valence-corrected chi connectivity index (χ0v) is 18.7. The number of pyridine rings is 1. The summed E-state index contributed by atoms with van der Waals surface area (Å²) in [5.41, 5.74) is 2.67. The fourth-order valence-electron chi connectivity index (χ4n) is 3.51. The monoisotopic (exact) mass is 469 g/mol. The van der Waals surface area contributed by atoms with E-state index >= 15 is 0 Å². The van der Waals surface area contributed by atoms with Crippen molar-refractivity contribution in [1.29, 1.82) is 0 Å². The van der Waals surface area contributed by atoms with Crippen LogP contribution in [0.4, 0.5) is 0 Å². The largest absolute Gasteiger partial charge is 0.348 e. The SMILES string of the molecule is O=C(NCc1ccc(S(=O)(=O)c2cccc(-c3ncccn3)c2)cc1)c1ccc2nccn2c1. The number of hydrogen-bond acceptors (Lipinski definition) is 6. The predicted molar refractivity (Wildman–Crippen MR) is 126 cm³/mol. The second-order valence-corrected chi connectivity index (χ2v) is 9.49. The molecule has 0 aliphatic carbocycles. The predicted octanol–water partition coefficient (Wildman–Crippen LogP) is 3.55. The van der Waals surface area contributed by atoms with Gasteiger partial charge in [0.25, 0.3) is 5.91 Å². The van der Waals surface area contributed by atoms with E-state index in [1.54, 1.807) is 102 Å². The van der Waals surface area contributed by atoms with Crippen LogP contribution in [-0.2, 0) is 16.4 Å². The summed E-state index contributed by atoms with van der Waals surface area (Å²) in [7, 11) is -3.73. The maximum atomic E-state index is 13.1. The lowest BCUT2D eigenvalue weighted by Gasteiger charge is -2.09. The summed E-state index contributed by atoms with van der Waals surface area (Å²) in [4.78, 5) is 25.3. The molecule has 1 amide bonds. The van der Waals surface area contributed by atoms with Crippen LogP contribution in [0, 0.1) is 0 Å². The number of nitrogens with zero attached hydrogens (tertiary/aromatic N) is 4. The highest BCUT2D eigenvalue weighted by Gasteiger charge is 2.18. The van der Waals surface area contributed by atoms with E-state index in [-0.39, 0.29) is 22.2 Å². The van der Waals surface area contributed by atoms with Crippen LogP contribution in [0.5, 0.6) is 0 Å². The molecule has 34 heavy (non-hydrogen) atoms. The van der Waals surface area contributed by atoms with Gasteiger partial charge in [0.15, 0.2) is 5.82 Å². The van der Waals surface area contributed by atoms with E-state index in [0.717, 1.165) is 11.2 Å². The van der Waals surface area contributed by atoms with E-state index in [2.05, 4.69) is 20.3 Å². The number of benzene rings is 2. The Morgan fingerprint density at radius 2 is 1.65 bits per heavy atom. The number of fused-ring (bicyclic) bond motifs is 1. The van der Waals surface area contributed by atoms with Crippen molar-refractivity contribution < 1.29 is 13.2 Å². The number of sulfone groups is 1. The highest BCUT2D eigenvalue weighted by atomic mass is 32.2. The molecule has 2 aromatic carbocycles. The van der Waals surface area contributed by atoms with E-state index in [0.29, 0.717) is 17.0 Å². The van der Waals surface area contributed by atoms with Crippen molar-refractivity contribution in [2.45, 2.75) is 16.3 Å². The Morgan fingerprint density at radius 1 is 0.853 bits per heavy atom. The van der Waals surface area contributed by atoms with Gasteiger partial charge < -0.3 is 9.72 Å². The number of amides is 1. The number of rotatable bonds is 6. The summed E-state index contributed by atoms with van der Waals surface area (Å²) in [5.74, 6) is 0.227. The molecule has 0 aliphatic heterocycles. The number of imidazole rings is 1. The molecule has 5 rings (SSSR count). The average Bonchev–Trinajstić information content (AvgIpc) is 3.36. The summed E-state index contributed by atoms with van der Waals surface area (Å²) in [5, 5.41) is 2.85. The fraction of sp³-hybridized carbons (Fsp3) is 0.0400. The van der Waals surface area contributed by atoms with Gasteiger partial charge in [-0.1, -0.05) is 24.3 Å². The lowest BCUT2D eigenvalue weighted by Crippen LogP contribution is -2.23. The quantitative estimate of drug-likeness (QED) is 0.408. The second-order valence-electron chi connectivity index (χ2n) is 7.54. The third-order valence-electron chi connectivity index (χ3n) is 5.31. The minimum atomic E-state index is -3.73. The summed E-state index contributed by atoms with van der Waals surface area (Å²) in [6.07, 6.45) is 8.36. The van der Waals surface area contributed by atoms with Crippen molar-refractivity contribution in [3.05, 3.63) is 109 Å². The molecule has 0 atom stereocenters. The maximum Gasteiger partial charge on any atom is 0.253 e. The Balaban J connectivity index is 1.30. The summed E-state index contributed by atoms with van der Waals surface area (Å²) >= 11 is 0. The minimum Gasteiger partial charge on any atom is -0.348 e. The van der Waals surface area contributed by atoms with Crippen LogP contribution in [0.1, 0.15) is 15.9 Å². The molecule has 0 saturated carbocycles. The van der Waals surface area contributed by atoms with Gasteiger partial charge >= 0.3 is 0 Å². The Kier molecular flexibility index (Phi) is 5.60. The number of aromatic nitrogens is 4. The van der Waals surface area contributed by atoms with Crippen molar-refractivity contribution >= 4 is 21.4 Å². The van der Waals surface area contributed by atoms with Crippen molar-refractivity contribution in [2.24, 2.45) is 0 Å². The molecule has 0 aliphatic rings. The van der Waals surface area contributed by atoms with Crippen LogP contribution < -0.4 is 5.32 Å². The van der Waals surface area contributed by atoms with Crippen molar-refractivity contribution in [3.63, 3.8) is 0 Å². The molecule has 3 heterocycles. The zero-order chi connectivity index (χ0) is 23.5. The van der Waals surface area contributed by atoms with Gasteiger partial charge in [0.2, 0.25) is 9.84 Å². The molecule has 168 valence electrons. The van der Waals surface area contributed by atoms with Crippen LogP contribution in [0.2, 0.25) is 0 Å². The molecular formula is C25H19N5O3S. The van der Waals surface area contributed by atoms with Crippen LogP contribution in [0.3, 0.4) is 0 Å². The molecule has 3 aromatic heterocycles. The highest BCUT2D eigenvalue weighted by molar-refractivity contribution is 7.91. The molecule has 0 spiro atoms. The molecule has 0 fully saturated rings. The third-order valence-corrected chi connectivity index (χ3v) is 7.07. The fourth-order valence-corrected chi connectivity index (χ4v) is 4.82. The molecule has 0 saturated heterocycles. The van der Waals surface area contributed by atoms with E-state index in [9.17, 15) is 13.2 Å². The van der Waals surface area contributed by atoms with Crippen LogP contribution >= 0.6 is 0 Å². The third kappa shape index (κ3) is 4.28. The summed E-state index contributed by atoms with van der Waals surface area (Å²) in [6, 6.07) is 18.2. The van der Waals surface area contributed by atoms with Gasteiger partial charge in [-0.05, 0) is 48.0 Å². The first-order valence-corrected chi connectivity index (χ1v) is 11.9. The van der Waals surface area contributed by atoms with Gasteiger partial charge in [-0.3, -0.25) is 4.79 Å². The molecular weight excluding hydrogens is 450 g/mol. The molecule has 0 radical (unpaired) electrons. The van der Waals surface area contributed by atoms with Gasteiger partial charge in [0, 0.05) is 43.1 Å². The van der Waals surface area contributed by atoms with Gasteiger partial charge in [0.05, 0.1) is 15.4 Å². The van der Waals surface area contributed by atoms with Crippen LogP contribution in [-0.4, -0.2) is 33.7 Å². The van der Waals surface area contributed by atoms with E-state index in [4.69, 9.17) is 0 Å². The molecule has 0 bridgehead atoms. The molecule has 5 aromatic rings. The van der Waals surface area contributed by atoms with Crippen molar-refractivity contribution in [2.75, 3.05) is 0 Å². The lowest BCUT2D eigenvalue weighted by molar-refractivity contribution is 0.0950. The smallest absolute Gasteiger partial charge is 0.253 e. The number of carbonyl (C=O) groups is 1. The first-order chi connectivity index (χ1) is 16.5. The Labute approximate surface area is 195 Å². The zero-order valence-electron chi connectivity index (χ0n) is 17.9. The number of hydrogen-bond donors (Lipinski definition) is 1. The molecule has 9 heteroatoms. The normalized spacial score (nSPS) is 11.4. The summed E-state index contributed by atoms with van der Waals surface area (Å²) < 4.78 is 28.1.